The molecule has 0 unspecified atom stereocenters. The van der Waals surface area contributed by atoms with Crippen LogP contribution in [0.25, 0.3) is 22.8 Å². The molecule has 0 fully saturated rings. The van der Waals surface area contributed by atoms with Gasteiger partial charge in [0, 0.05) is 11.1 Å². The fourth-order valence-corrected chi connectivity index (χ4v) is 3.08. The summed E-state index contributed by atoms with van der Waals surface area (Å²) in [5, 5.41) is 12.2. The second kappa shape index (κ2) is 8.91. The number of rotatable bonds is 8. The van der Waals surface area contributed by atoms with Crippen LogP contribution >= 0.6 is 11.8 Å². The van der Waals surface area contributed by atoms with E-state index in [1.165, 1.54) is 23.9 Å². The highest BCUT2D eigenvalue weighted by atomic mass is 32.2. The van der Waals surface area contributed by atoms with E-state index in [-0.39, 0.29) is 11.6 Å². The number of nitrogens with zero attached hydrogens (tertiary/aromatic N) is 4. The Morgan fingerprint density at radius 1 is 1.03 bits per heavy atom. The van der Waals surface area contributed by atoms with Crippen LogP contribution in [0, 0.1) is 0 Å². The lowest BCUT2D eigenvalue weighted by Crippen LogP contribution is -2.01. The highest BCUT2D eigenvalue weighted by molar-refractivity contribution is 7.98. The first-order valence-corrected chi connectivity index (χ1v) is 9.58. The van der Waals surface area contributed by atoms with Crippen molar-refractivity contribution in [2.45, 2.75) is 17.6 Å². The van der Waals surface area contributed by atoms with Crippen LogP contribution in [0.5, 0.6) is 11.5 Å². The fourth-order valence-electron chi connectivity index (χ4n) is 2.48. The van der Waals surface area contributed by atoms with Crippen LogP contribution in [0.3, 0.4) is 0 Å². The molecule has 0 amide bonds. The van der Waals surface area contributed by atoms with Crippen molar-refractivity contribution in [1.82, 2.24) is 20.3 Å². The van der Waals surface area contributed by atoms with Crippen LogP contribution in [0.15, 0.2) is 62.7 Å². The standard InChI is InChI=1S/C19H14F2N4O4S/c1-26-14-4-2-3-12(9-14)16-22-15(29-25-16)10-30-19-24-23-17(28-19)11-5-7-13(8-6-11)27-18(20)21/h2-9,18H,10H2,1H3. The highest BCUT2D eigenvalue weighted by Gasteiger charge is 2.14. The van der Waals surface area contributed by atoms with E-state index in [0.717, 1.165) is 5.56 Å². The summed E-state index contributed by atoms with van der Waals surface area (Å²) in [4.78, 5) is 4.35. The average Bonchev–Trinajstić information content (AvgIpc) is 3.42. The fraction of sp³-hybridized carbons (Fsp3) is 0.158. The molecule has 0 spiro atoms. The summed E-state index contributed by atoms with van der Waals surface area (Å²) in [6.07, 6.45) is 0. The zero-order chi connectivity index (χ0) is 20.9. The summed E-state index contributed by atoms with van der Waals surface area (Å²) in [7, 11) is 1.58. The van der Waals surface area contributed by atoms with Gasteiger partial charge in [0.25, 0.3) is 5.22 Å². The summed E-state index contributed by atoms with van der Waals surface area (Å²) in [5.41, 5.74) is 1.35. The van der Waals surface area contributed by atoms with Crippen molar-refractivity contribution in [2.75, 3.05) is 7.11 Å². The predicted octanol–water partition coefficient (Wildman–Crippen LogP) is 4.69. The summed E-state index contributed by atoms with van der Waals surface area (Å²) in [5.74, 6) is 2.17. The Bertz CT molecular complexity index is 1120. The van der Waals surface area contributed by atoms with E-state index >= 15 is 0 Å². The van der Waals surface area contributed by atoms with Crippen molar-refractivity contribution in [3.8, 4) is 34.3 Å². The Balaban J connectivity index is 1.38. The lowest BCUT2D eigenvalue weighted by molar-refractivity contribution is -0.0498. The zero-order valence-corrected chi connectivity index (χ0v) is 16.3. The summed E-state index contributed by atoms with van der Waals surface area (Å²) >= 11 is 1.23. The van der Waals surface area contributed by atoms with Crippen molar-refractivity contribution in [3.63, 3.8) is 0 Å². The Morgan fingerprint density at radius 2 is 1.87 bits per heavy atom. The third kappa shape index (κ3) is 4.74. The minimum absolute atomic E-state index is 0.0473. The van der Waals surface area contributed by atoms with Crippen molar-refractivity contribution in [3.05, 3.63) is 54.4 Å². The molecule has 0 saturated heterocycles. The molecular formula is C19H14F2N4O4S. The van der Waals surface area contributed by atoms with E-state index in [1.54, 1.807) is 19.2 Å². The maximum absolute atomic E-state index is 12.2. The second-order valence-corrected chi connectivity index (χ2v) is 6.73. The molecule has 0 saturated carbocycles. The molecule has 0 aliphatic carbocycles. The molecule has 4 aromatic rings. The summed E-state index contributed by atoms with van der Waals surface area (Å²) in [6.45, 7) is -2.88. The van der Waals surface area contributed by atoms with Crippen LogP contribution in [-0.2, 0) is 5.75 Å². The van der Waals surface area contributed by atoms with E-state index in [1.807, 2.05) is 24.3 Å². The van der Waals surface area contributed by atoms with Crippen LogP contribution < -0.4 is 9.47 Å². The molecule has 0 aliphatic rings. The van der Waals surface area contributed by atoms with Crippen molar-refractivity contribution in [1.29, 1.82) is 0 Å². The molecule has 30 heavy (non-hydrogen) atoms. The zero-order valence-electron chi connectivity index (χ0n) is 15.5. The number of ether oxygens (including phenoxy) is 2. The Labute approximate surface area is 173 Å². The first-order chi connectivity index (χ1) is 14.6. The smallest absolute Gasteiger partial charge is 0.387 e. The van der Waals surface area contributed by atoms with E-state index in [4.69, 9.17) is 13.7 Å². The molecule has 2 heterocycles. The van der Waals surface area contributed by atoms with Gasteiger partial charge in [-0.3, -0.25) is 0 Å². The van der Waals surface area contributed by atoms with Gasteiger partial charge in [-0.25, -0.2) is 0 Å². The quantitative estimate of drug-likeness (QED) is 0.367. The van der Waals surface area contributed by atoms with E-state index in [2.05, 4.69) is 25.1 Å². The van der Waals surface area contributed by atoms with Gasteiger partial charge in [-0.05, 0) is 36.4 Å². The maximum atomic E-state index is 12.2. The molecule has 0 aliphatic heterocycles. The van der Waals surface area contributed by atoms with Gasteiger partial charge in [0.05, 0.1) is 12.9 Å². The molecule has 2 aromatic heterocycles. The minimum Gasteiger partial charge on any atom is -0.497 e. The normalized spacial score (nSPS) is 11.1. The summed E-state index contributed by atoms with van der Waals surface area (Å²) < 4.78 is 44.8. The maximum Gasteiger partial charge on any atom is 0.387 e. The third-order valence-electron chi connectivity index (χ3n) is 3.85. The van der Waals surface area contributed by atoms with Crippen molar-refractivity contribution in [2.24, 2.45) is 0 Å². The molecule has 0 atom stereocenters. The topological polar surface area (TPSA) is 96.3 Å². The lowest BCUT2D eigenvalue weighted by Gasteiger charge is -2.03. The Kier molecular flexibility index (Phi) is 5.89. The van der Waals surface area contributed by atoms with Crippen LogP contribution in [0.2, 0.25) is 0 Å². The van der Waals surface area contributed by atoms with Gasteiger partial charge in [0.1, 0.15) is 11.5 Å². The van der Waals surface area contributed by atoms with Crippen molar-refractivity contribution < 1.29 is 27.2 Å². The van der Waals surface area contributed by atoms with Crippen LogP contribution in [0.4, 0.5) is 8.78 Å². The van der Waals surface area contributed by atoms with Gasteiger partial charge in [0.15, 0.2) is 0 Å². The number of thioether (sulfide) groups is 1. The number of alkyl halides is 2. The van der Waals surface area contributed by atoms with E-state index in [0.29, 0.717) is 34.0 Å². The predicted molar refractivity (Wildman–Crippen MR) is 102 cm³/mol. The monoisotopic (exact) mass is 432 g/mol. The second-order valence-electron chi connectivity index (χ2n) is 5.81. The molecule has 8 nitrogen and oxygen atoms in total. The SMILES string of the molecule is COc1cccc(-c2noc(CSc3nnc(-c4ccc(OC(F)F)cc4)o3)n2)c1. The largest absolute Gasteiger partial charge is 0.497 e. The molecule has 154 valence electrons. The van der Waals surface area contributed by atoms with Crippen LogP contribution in [0.1, 0.15) is 5.89 Å². The molecule has 0 N–H and O–H groups in total. The van der Waals surface area contributed by atoms with Crippen LogP contribution in [-0.4, -0.2) is 34.1 Å². The van der Waals surface area contributed by atoms with Gasteiger partial charge < -0.3 is 18.4 Å². The molecule has 0 bridgehead atoms. The average molecular weight is 432 g/mol. The number of aromatic nitrogens is 4. The Morgan fingerprint density at radius 3 is 2.63 bits per heavy atom. The van der Waals surface area contributed by atoms with E-state index < -0.39 is 6.61 Å². The van der Waals surface area contributed by atoms with Gasteiger partial charge in [-0.15, -0.1) is 10.2 Å². The number of halogens is 2. The molecule has 4 rings (SSSR count). The van der Waals surface area contributed by atoms with Gasteiger partial charge in [-0.1, -0.05) is 29.1 Å². The lowest BCUT2D eigenvalue weighted by atomic mass is 10.2. The number of hydrogen-bond acceptors (Lipinski definition) is 9. The molecule has 0 radical (unpaired) electrons. The van der Waals surface area contributed by atoms with Gasteiger partial charge in [-0.2, -0.15) is 13.8 Å². The molecule has 11 heteroatoms. The van der Waals surface area contributed by atoms with Gasteiger partial charge >= 0.3 is 6.61 Å². The number of methoxy groups -OCH3 is 1. The number of hydrogen-bond donors (Lipinski definition) is 0. The first-order valence-electron chi connectivity index (χ1n) is 8.59. The van der Waals surface area contributed by atoms with E-state index in [9.17, 15) is 8.78 Å². The summed E-state index contributed by atoms with van der Waals surface area (Å²) in [6, 6.07) is 13.2. The first kappa shape index (κ1) is 19.8. The number of benzene rings is 2. The highest BCUT2D eigenvalue weighted by Crippen LogP contribution is 2.28. The molecular weight excluding hydrogens is 418 g/mol. The van der Waals surface area contributed by atoms with Crippen molar-refractivity contribution >= 4 is 11.8 Å². The van der Waals surface area contributed by atoms with Gasteiger partial charge in [0.2, 0.25) is 17.6 Å². The third-order valence-corrected chi connectivity index (χ3v) is 4.65. The minimum atomic E-state index is -2.88. The molecule has 2 aromatic carbocycles. The Hall–Kier alpha value is -3.47.